The van der Waals surface area contributed by atoms with Gasteiger partial charge in [0.05, 0.1) is 17.8 Å². The number of hydrogen-bond donors (Lipinski definition) is 1. The zero-order valence-electron chi connectivity index (χ0n) is 11.6. The van der Waals surface area contributed by atoms with Gasteiger partial charge in [0.2, 0.25) is 0 Å². The molecule has 0 spiro atoms. The Balaban J connectivity index is 1.98. The third-order valence-electron chi connectivity index (χ3n) is 3.99. The van der Waals surface area contributed by atoms with Gasteiger partial charge >= 0.3 is 0 Å². The minimum atomic E-state index is 0.370. The largest absolute Gasteiger partial charge is 0.308 e. The van der Waals surface area contributed by atoms with Crippen molar-refractivity contribution in [3.63, 3.8) is 0 Å². The maximum absolute atomic E-state index is 4.62. The van der Waals surface area contributed by atoms with Crippen LogP contribution in [0.15, 0.2) is 36.5 Å². The molecule has 2 unspecified atom stereocenters. The van der Waals surface area contributed by atoms with Crippen LogP contribution in [-0.4, -0.2) is 16.3 Å². The molecule has 3 rings (SSSR count). The quantitative estimate of drug-likeness (QED) is 0.913. The van der Waals surface area contributed by atoms with Crippen molar-refractivity contribution in [2.75, 3.05) is 6.54 Å². The van der Waals surface area contributed by atoms with Crippen molar-refractivity contribution >= 4 is 0 Å². The van der Waals surface area contributed by atoms with E-state index in [2.05, 4.69) is 65.5 Å². The zero-order chi connectivity index (χ0) is 13.2. The first-order valence-electron chi connectivity index (χ1n) is 7.12. The van der Waals surface area contributed by atoms with Crippen LogP contribution in [-0.2, 0) is 6.42 Å². The van der Waals surface area contributed by atoms with Crippen molar-refractivity contribution in [3.05, 3.63) is 53.3 Å². The van der Waals surface area contributed by atoms with E-state index in [0.717, 1.165) is 25.1 Å². The highest BCUT2D eigenvalue weighted by molar-refractivity contribution is 5.33. The molecule has 0 bridgehead atoms. The lowest BCUT2D eigenvalue weighted by Crippen LogP contribution is -2.34. The molecule has 3 heteroatoms. The monoisotopic (exact) mass is 255 g/mol. The predicted molar refractivity (Wildman–Crippen MR) is 77.2 cm³/mol. The van der Waals surface area contributed by atoms with Crippen LogP contribution in [0.1, 0.15) is 42.2 Å². The number of likely N-dealkylation sites (N-methyl/N-ethyl adjacent to an activating group) is 1. The molecule has 0 saturated carbocycles. The molecule has 100 valence electrons. The van der Waals surface area contributed by atoms with Crippen LogP contribution < -0.4 is 5.32 Å². The second-order valence-corrected chi connectivity index (χ2v) is 5.28. The number of fused-ring (bicyclic) bond motifs is 1. The molecule has 2 aromatic rings. The molecule has 0 saturated heterocycles. The van der Waals surface area contributed by atoms with Gasteiger partial charge in [0.25, 0.3) is 0 Å². The lowest BCUT2D eigenvalue weighted by Gasteiger charge is -2.34. The van der Waals surface area contributed by atoms with Gasteiger partial charge in [-0.05, 0) is 43.5 Å². The molecule has 2 atom stereocenters. The van der Waals surface area contributed by atoms with E-state index in [1.54, 1.807) is 0 Å². The second-order valence-electron chi connectivity index (χ2n) is 5.28. The van der Waals surface area contributed by atoms with Crippen LogP contribution >= 0.6 is 0 Å². The molecule has 1 aliphatic carbocycles. The summed E-state index contributed by atoms with van der Waals surface area (Å²) in [4.78, 5) is 0. The van der Waals surface area contributed by atoms with E-state index in [9.17, 15) is 0 Å². The van der Waals surface area contributed by atoms with Crippen LogP contribution in [0.25, 0.3) is 0 Å². The summed E-state index contributed by atoms with van der Waals surface area (Å²) >= 11 is 0. The number of aromatic nitrogens is 2. The average Bonchev–Trinajstić information content (AvgIpc) is 2.86. The van der Waals surface area contributed by atoms with Gasteiger partial charge in [-0.1, -0.05) is 31.2 Å². The average molecular weight is 255 g/mol. The number of aryl methyl sites for hydroxylation is 2. The van der Waals surface area contributed by atoms with E-state index < -0.39 is 0 Å². The molecule has 1 aromatic carbocycles. The standard InChI is InChI=1S/C16H21N3/c1-3-17-16-14-7-5-4-6-13(14)8-9-15(16)19-11-10-12(2)18-19/h4-7,10-11,15-17H,3,8-9H2,1-2H3. The van der Waals surface area contributed by atoms with Gasteiger partial charge in [0.1, 0.15) is 0 Å². The summed E-state index contributed by atoms with van der Waals surface area (Å²) in [6.07, 6.45) is 4.40. The molecule has 1 N–H and O–H groups in total. The summed E-state index contributed by atoms with van der Waals surface area (Å²) in [6, 6.07) is 11.7. The Hall–Kier alpha value is -1.61. The van der Waals surface area contributed by atoms with Gasteiger partial charge in [-0.3, -0.25) is 4.68 Å². The Morgan fingerprint density at radius 2 is 2.16 bits per heavy atom. The number of hydrogen-bond acceptors (Lipinski definition) is 2. The van der Waals surface area contributed by atoms with E-state index in [1.807, 2.05) is 0 Å². The molecule has 1 heterocycles. The molecular weight excluding hydrogens is 234 g/mol. The molecular formula is C16H21N3. The van der Waals surface area contributed by atoms with Crippen molar-refractivity contribution in [2.24, 2.45) is 0 Å². The number of benzene rings is 1. The van der Waals surface area contributed by atoms with E-state index in [4.69, 9.17) is 0 Å². The number of rotatable bonds is 3. The molecule has 0 fully saturated rings. The third-order valence-corrected chi connectivity index (χ3v) is 3.99. The highest BCUT2D eigenvalue weighted by atomic mass is 15.3. The van der Waals surface area contributed by atoms with Crippen LogP contribution in [0, 0.1) is 6.92 Å². The van der Waals surface area contributed by atoms with E-state index in [0.29, 0.717) is 12.1 Å². The van der Waals surface area contributed by atoms with Gasteiger partial charge in [-0.2, -0.15) is 5.10 Å². The molecule has 19 heavy (non-hydrogen) atoms. The topological polar surface area (TPSA) is 29.9 Å². The Morgan fingerprint density at radius 3 is 2.89 bits per heavy atom. The molecule has 0 aliphatic heterocycles. The Bertz CT molecular complexity index is 559. The van der Waals surface area contributed by atoms with Crippen molar-refractivity contribution in [1.82, 2.24) is 15.1 Å². The first-order chi connectivity index (χ1) is 9.29. The van der Waals surface area contributed by atoms with Crippen LogP contribution in [0.2, 0.25) is 0 Å². The normalized spacial score (nSPS) is 22.2. The molecule has 1 aliphatic rings. The highest BCUT2D eigenvalue weighted by Crippen LogP contribution is 2.37. The van der Waals surface area contributed by atoms with Crippen molar-refractivity contribution in [2.45, 2.75) is 38.8 Å². The molecule has 0 amide bonds. The lowest BCUT2D eigenvalue weighted by atomic mass is 9.84. The fraction of sp³-hybridized carbons (Fsp3) is 0.438. The van der Waals surface area contributed by atoms with Gasteiger partial charge in [0, 0.05) is 6.20 Å². The summed E-state index contributed by atoms with van der Waals surface area (Å²) in [5.41, 5.74) is 4.01. The Morgan fingerprint density at radius 1 is 1.32 bits per heavy atom. The summed E-state index contributed by atoms with van der Waals surface area (Å²) in [5, 5.41) is 8.25. The zero-order valence-corrected chi connectivity index (χ0v) is 11.6. The Kier molecular flexibility index (Phi) is 3.38. The minimum Gasteiger partial charge on any atom is -0.308 e. The maximum atomic E-state index is 4.62. The number of nitrogens with zero attached hydrogens (tertiary/aromatic N) is 2. The number of nitrogens with one attached hydrogen (secondary N) is 1. The predicted octanol–water partition coefficient (Wildman–Crippen LogP) is 3.03. The highest BCUT2D eigenvalue weighted by Gasteiger charge is 2.30. The summed E-state index contributed by atoms with van der Waals surface area (Å²) in [6.45, 7) is 5.20. The smallest absolute Gasteiger partial charge is 0.0717 e. The van der Waals surface area contributed by atoms with E-state index in [-0.39, 0.29) is 0 Å². The lowest BCUT2D eigenvalue weighted by molar-refractivity contribution is 0.299. The van der Waals surface area contributed by atoms with Gasteiger partial charge in [-0.15, -0.1) is 0 Å². The van der Waals surface area contributed by atoms with Crippen LogP contribution in [0.3, 0.4) is 0 Å². The van der Waals surface area contributed by atoms with Crippen molar-refractivity contribution in [1.29, 1.82) is 0 Å². The first kappa shape index (κ1) is 12.4. The SMILES string of the molecule is CCNC1c2ccccc2CCC1n1ccc(C)n1. The fourth-order valence-corrected chi connectivity index (χ4v) is 3.11. The van der Waals surface area contributed by atoms with Gasteiger partial charge in [-0.25, -0.2) is 0 Å². The Labute approximate surface area is 114 Å². The summed E-state index contributed by atoms with van der Waals surface area (Å²) in [5.74, 6) is 0. The van der Waals surface area contributed by atoms with Crippen LogP contribution in [0.5, 0.6) is 0 Å². The maximum Gasteiger partial charge on any atom is 0.0717 e. The summed E-state index contributed by atoms with van der Waals surface area (Å²) < 4.78 is 2.14. The third kappa shape index (κ3) is 2.30. The minimum absolute atomic E-state index is 0.370. The molecule has 1 aromatic heterocycles. The molecule has 0 radical (unpaired) electrons. The van der Waals surface area contributed by atoms with E-state index >= 15 is 0 Å². The fourth-order valence-electron chi connectivity index (χ4n) is 3.11. The van der Waals surface area contributed by atoms with Gasteiger partial charge in [0.15, 0.2) is 0 Å². The van der Waals surface area contributed by atoms with Crippen molar-refractivity contribution < 1.29 is 0 Å². The molecule has 3 nitrogen and oxygen atoms in total. The van der Waals surface area contributed by atoms with Gasteiger partial charge < -0.3 is 5.32 Å². The van der Waals surface area contributed by atoms with E-state index in [1.165, 1.54) is 11.1 Å². The second kappa shape index (κ2) is 5.17. The first-order valence-corrected chi connectivity index (χ1v) is 7.12. The summed E-state index contributed by atoms with van der Waals surface area (Å²) in [7, 11) is 0. The van der Waals surface area contributed by atoms with Crippen molar-refractivity contribution in [3.8, 4) is 0 Å². The van der Waals surface area contributed by atoms with Crippen LogP contribution in [0.4, 0.5) is 0 Å².